The summed E-state index contributed by atoms with van der Waals surface area (Å²) in [7, 11) is -1.47. The zero-order chi connectivity index (χ0) is 50.5. The van der Waals surface area contributed by atoms with Crippen molar-refractivity contribution in [2.75, 3.05) is 0 Å². The van der Waals surface area contributed by atoms with Gasteiger partial charge in [-0.05, 0) is 104 Å². The smallest absolute Gasteiger partial charge is 0.406 e. The summed E-state index contributed by atoms with van der Waals surface area (Å²) in [5, 5.41) is 28.3. The maximum Gasteiger partial charge on any atom is 0.573 e. The summed E-state index contributed by atoms with van der Waals surface area (Å²) in [6.07, 6.45) is -7.91. The summed E-state index contributed by atoms with van der Waals surface area (Å²) in [4.78, 5) is 32.6. The molecule has 0 aliphatic heterocycles. The third kappa shape index (κ3) is 10.1. The minimum atomic E-state index is -4.83. The highest BCUT2D eigenvalue weighted by Crippen LogP contribution is 2.44. The molecule has 0 bridgehead atoms. The van der Waals surface area contributed by atoms with Crippen molar-refractivity contribution >= 4 is 129 Å². The Labute approximate surface area is 398 Å². The number of nitriles is 1. The van der Waals surface area contributed by atoms with E-state index in [1.165, 1.54) is 35.6 Å². The van der Waals surface area contributed by atoms with E-state index in [9.17, 15) is 41.2 Å². The lowest BCUT2D eigenvalue weighted by molar-refractivity contribution is -0.275. The molecule has 0 saturated carbocycles. The summed E-state index contributed by atoms with van der Waals surface area (Å²) in [5.41, 5.74) is 1.48. The summed E-state index contributed by atoms with van der Waals surface area (Å²) >= 11 is 2.43. The van der Waals surface area contributed by atoms with E-state index in [2.05, 4.69) is 68.5 Å². The lowest BCUT2D eigenvalue weighted by Gasteiger charge is -2.08. The number of alkyl halides is 6. The zero-order valence-electron chi connectivity index (χ0n) is 38.0. The fourth-order valence-corrected chi connectivity index (χ4v) is 10.8. The molecule has 0 aliphatic carbocycles. The van der Waals surface area contributed by atoms with Crippen LogP contribution in [0.4, 0.5) is 26.3 Å². The molecule has 10 nitrogen and oxygen atoms in total. The van der Waals surface area contributed by atoms with Crippen molar-refractivity contribution in [3.8, 4) is 17.7 Å². The molecular formula is C49H38F6N6O4S2Si2. The van der Waals surface area contributed by atoms with Gasteiger partial charge in [-0.2, -0.15) is 16.8 Å². The van der Waals surface area contributed by atoms with Crippen molar-refractivity contribution in [3.63, 3.8) is 0 Å². The Bertz CT molecular complexity index is 4040. The normalized spacial score (nSPS) is 12.6. The maximum absolute atomic E-state index is 12.7. The van der Waals surface area contributed by atoms with Crippen molar-refractivity contribution in [1.82, 2.24) is 0 Å². The molecule has 8 aromatic carbocycles. The molecule has 0 fully saturated rings. The van der Waals surface area contributed by atoms with Gasteiger partial charge in [-0.15, -0.1) is 54.0 Å². The van der Waals surface area contributed by atoms with Crippen LogP contribution in [0.15, 0.2) is 97.1 Å². The van der Waals surface area contributed by atoms with E-state index in [1.54, 1.807) is 12.3 Å². The van der Waals surface area contributed by atoms with E-state index in [-0.39, 0.29) is 36.1 Å². The highest BCUT2D eigenvalue weighted by atomic mass is 32.1. The van der Waals surface area contributed by atoms with Crippen LogP contribution in [0.2, 0.25) is 39.3 Å². The SMILES string of the molecule is C[SiH](C)C.C[Si](C)(C)N=C=N.Cc1ccc2c(c1)c(=O)c1sc3c(=O)c4cc(OC(F)(F)F)ccc4c3c12.[C-]#[N+]/N=c1\c2cc(C)ccc2c2c1sc1c(=NC#N)c3cc(OC(F)(F)F)ccc3c12. The number of hydrogen-bond donors (Lipinski definition) is 1. The maximum atomic E-state index is 12.7. The molecule has 1 N–H and O–H groups in total. The third-order valence-corrected chi connectivity index (χ3v) is 13.4. The molecular weight excluding hydrogens is 971 g/mol. The van der Waals surface area contributed by atoms with Crippen molar-refractivity contribution in [2.24, 2.45) is 14.8 Å². The standard InChI is InChI=1S/C22H9F3N4OS.C20H9F3O3S.C4H10N2Si.C3H10Si/c1-10-3-5-12-14(7-10)19(29-27-2)21-17(12)16-13-6-4-11(30-22(23,24)25)8-15(13)18(28-9-26)20(16)31-21;1-8-2-4-10-12(6-8)16(24)18-14(10)15-11-5-3-9(26-20(21,22)23)7-13(11)17(25)19(15)27-18;1-7(2,3)6-4-5;1-4(2)3/h3-8H,1H3;2-7H,1H3;5H,1-3H3;4H,1-3H3/b28-18?,29-19+;;;. The van der Waals surface area contributed by atoms with Crippen LogP contribution in [0.25, 0.3) is 88.4 Å². The van der Waals surface area contributed by atoms with E-state index in [0.717, 1.165) is 60.2 Å². The summed E-state index contributed by atoms with van der Waals surface area (Å²) in [6, 6.07) is 21.2. The Morgan fingerprint density at radius 2 is 1.01 bits per heavy atom. The molecule has 0 saturated heterocycles. The molecule has 10 rings (SSSR count). The number of aryl methyl sites for hydroxylation is 2. The lowest BCUT2D eigenvalue weighted by Crippen LogP contribution is -2.17. The first-order valence-corrected chi connectivity index (χ1v) is 29.4. The van der Waals surface area contributed by atoms with Gasteiger partial charge < -0.3 is 9.47 Å². The molecule has 2 heterocycles. The lowest BCUT2D eigenvalue weighted by atomic mass is 10.1. The second-order valence-corrected chi connectivity index (χ2v) is 27.6. The van der Waals surface area contributed by atoms with Gasteiger partial charge in [-0.25, -0.2) is 5.41 Å². The monoisotopic (exact) mass is 1010 g/mol. The topological polar surface area (TPSA) is 142 Å². The summed E-state index contributed by atoms with van der Waals surface area (Å²) in [6.45, 7) is 24.2. The minimum absolute atomic E-state index is 0.116. The van der Waals surface area contributed by atoms with E-state index < -0.39 is 26.7 Å². The van der Waals surface area contributed by atoms with Gasteiger partial charge in [0.15, 0.2) is 13.6 Å². The molecule has 350 valence electrons. The van der Waals surface area contributed by atoms with Crippen LogP contribution in [-0.4, -0.2) is 35.8 Å². The molecule has 0 amide bonds. The molecule has 0 radical (unpaired) electrons. The molecule has 69 heavy (non-hydrogen) atoms. The van der Waals surface area contributed by atoms with Crippen LogP contribution < -0.4 is 31.0 Å². The Morgan fingerprint density at radius 3 is 1.43 bits per heavy atom. The van der Waals surface area contributed by atoms with Crippen LogP contribution in [-0.2, 0) is 0 Å². The number of halogens is 6. The number of fused-ring (bicyclic) bond motifs is 14. The molecule has 10 aromatic rings. The van der Waals surface area contributed by atoms with Crippen LogP contribution in [0.5, 0.6) is 11.5 Å². The molecule has 0 unspecified atom stereocenters. The Kier molecular flexibility index (Phi) is 13.6. The number of thiophene rings is 2. The van der Waals surface area contributed by atoms with Crippen LogP contribution in [0.1, 0.15) is 11.1 Å². The number of rotatable bonds is 3. The van der Waals surface area contributed by atoms with Gasteiger partial charge in [0, 0.05) is 51.9 Å². The Hall–Kier alpha value is -7.07. The number of ether oxygens (including phenoxy) is 2. The second-order valence-electron chi connectivity index (χ2n) is 17.5. The average molecular weight is 1010 g/mol. The molecule has 2 aromatic heterocycles. The fourth-order valence-electron chi connectivity index (χ4n) is 7.91. The minimum Gasteiger partial charge on any atom is -0.406 e. The largest absolute Gasteiger partial charge is 0.573 e. The third-order valence-electron chi connectivity index (χ3n) is 10.2. The predicted octanol–water partition coefficient (Wildman–Crippen LogP) is 13.4. The van der Waals surface area contributed by atoms with Gasteiger partial charge in [0.05, 0.1) is 29.9 Å². The van der Waals surface area contributed by atoms with E-state index in [4.69, 9.17) is 12.0 Å². The Balaban J connectivity index is 0.000000169. The molecule has 0 spiro atoms. The predicted molar refractivity (Wildman–Crippen MR) is 270 cm³/mol. The van der Waals surface area contributed by atoms with Gasteiger partial charge in [0.2, 0.25) is 17.1 Å². The van der Waals surface area contributed by atoms with E-state index >= 15 is 0 Å². The van der Waals surface area contributed by atoms with Crippen molar-refractivity contribution < 1.29 is 35.8 Å². The van der Waals surface area contributed by atoms with Crippen LogP contribution in [0.3, 0.4) is 0 Å². The number of benzene rings is 4. The first-order valence-electron chi connectivity index (χ1n) is 20.9. The summed E-state index contributed by atoms with van der Waals surface area (Å²) < 4.78 is 89.6. The summed E-state index contributed by atoms with van der Waals surface area (Å²) in [5.74, 6) is -0.816. The quantitative estimate of drug-likeness (QED) is 0.0468. The van der Waals surface area contributed by atoms with Crippen LogP contribution in [0, 0.1) is 37.3 Å². The van der Waals surface area contributed by atoms with Gasteiger partial charge in [0.1, 0.15) is 16.9 Å². The van der Waals surface area contributed by atoms with E-state index in [0.29, 0.717) is 51.8 Å². The molecule has 20 heteroatoms. The molecule has 0 atom stereocenters. The second kappa shape index (κ2) is 18.8. The van der Waals surface area contributed by atoms with Gasteiger partial charge in [0.25, 0.3) is 0 Å². The van der Waals surface area contributed by atoms with Crippen molar-refractivity contribution in [1.29, 1.82) is 10.7 Å². The Morgan fingerprint density at radius 1 is 0.638 bits per heavy atom. The van der Waals surface area contributed by atoms with E-state index in [1.807, 2.05) is 56.3 Å². The zero-order valence-corrected chi connectivity index (χ0v) is 41.7. The first-order chi connectivity index (χ1) is 32.4. The number of nitrogens with zero attached hydrogens (tertiary/aromatic N) is 5. The van der Waals surface area contributed by atoms with Gasteiger partial charge >= 0.3 is 12.7 Å². The number of nitrogens with one attached hydrogen (secondary N) is 1. The highest BCUT2D eigenvalue weighted by molar-refractivity contribution is 7.26. The van der Waals surface area contributed by atoms with Crippen LogP contribution >= 0.6 is 22.7 Å². The fraction of sp³-hybridized carbons (Fsp3) is 0.204. The van der Waals surface area contributed by atoms with Crippen molar-refractivity contribution in [2.45, 2.75) is 65.9 Å². The number of hydrogen-bond acceptors (Lipinski definition) is 11. The van der Waals surface area contributed by atoms with Gasteiger partial charge in [-0.3, -0.25) is 14.2 Å². The first kappa shape index (κ1) is 49.8. The molecule has 0 aliphatic rings. The highest BCUT2D eigenvalue weighted by Gasteiger charge is 2.33. The van der Waals surface area contributed by atoms with Gasteiger partial charge in [-0.1, -0.05) is 55.0 Å². The van der Waals surface area contributed by atoms with Crippen molar-refractivity contribution in [3.05, 3.63) is 127 Å². The average Bonchev–Trinajstić information content (AvgIpc) is 4.05.